The van der Waals surface area contributed by atoms with Gasteiger partial charge >= 0.3 is 0 Å². The van der Waals surface area contributed by atoms with Crippen LogP contribution in [0.2, 0.25) is 0 Å². The summed E-state index contributed by atoms with van der Waals surface area (Å²) in [5.74, 6) is 0. The summed E-state index contributed by atoms with van der Waals surface area (Å²) in [5, 5.41) is 15.0. The van der Waals surface area contributed by atoms with E-state index in [1.54, 1.807) is 6.07 Å². The average molecular weight is 265 g/mol. The van der Waals surface area contributed by atoms with E-state index in [0.717, 1.165) is 34.8 Å². The lowest BCUT2D eigenvalue weighted by atomic mass is 10.1. The molecule has 5 nitrogen and oxygen atoms in total. The molecule has 0 aliphatic rings. The number of anilines is 1. The molecule has 6 heteroatoms. The molecule has 1 N–H and O–H groups in total. The summed E-state index contributed by atoms with van der Waals surface area (Å²) in [7, 11) is 0. The molecule has 0 atom stereocenters. The second-order valence-electron chi connectivity index (χ2n) is 4.02. The molecule has 0 spiro atoms. The van der Waals surface area contributed by atoms with Gasteiger partial charge in [-0.3, -0.25) is 10.1 Å². The normalized spacial score (nSPS) is 10.8. The summed E-state index contributed by atoms with van der Waals surface area (Å²) in [4.78, 5) is 15.0. The minimum absolute atomic E-state index is 0.102. The van der Waals surface area contributed by atoms with Gasteiger partial charge < -0.3 is 5.32 Å². The Labute approximate surface area is 109 Å². The van der Waals surface area contributed by atoms with Crippen LogP contribution in [-0.4, -0.2) is 16.5 Å². The Kier molecular flexibility index (Phi) is 3.76. The maximum atomic E-state index is 11.1. The monoisotopic (exact) mass is 265 g/mol. The molecule has 0 aliphatic carbocycles. The summed E-state index contributed by atoms with van der Waals surface area (Å²) in [6.45, 7) is 4.88. The summed E-state index contributed by atoms with van der Waals surface area (Å²) in [5.41, 5.74) is 1.56. The summed E-state index contributed by atoms with van der Waals surface area (Å²) >= 11 is 1.47. The molecular formula is C12H15N3O2S. The minimum Gasteiger partial charge on any atom is -0.361 e. The van der Waals surface area contributed by atoms with Crippen LogP contribution in [-0.2, 0) is 6.42 Å². The van der Waals surface area contributed by atoms with Gasteiger partial charge in [0.2, 0.25) is 0 Å². The van der Waals surface area contributed by atoms with Crippen molar-refractivity contribution in [3.63, 3.8) is 0 Å². The van der Waals surface area contributed by atoms with Crippen molar-refractivity contribution in [2.75, 3.05) is 11.9 Å². The Bertz CT molecular complexity index is 580. The van der Waals surface area contributed by atoms with E-state index in [0.29, 0.717) is 5.52 Å². The van der Waals surface area contributed by atoms with Gasteiger partial charge in [-0.05, 0) is 24.5 Å². The predicted octanol–water partition coefficient (Wildman–Crippen LogP) is 3.59. The second-order valence-corrected chi connectivity index (χ2v) is 5.05. The standard InChI is InChI=1S/C12H15N3O2S/c1-3-5-13-12-14-11-9(15(16)17)6-8(4-2)7-10(11)18-12/h6-7H,3-5H2,1-2H3,(H,13,14). The van der Waals surface area contributed by atoms with E-state index >= 15 is 0 Å². The Morgan fingerprint density at radius 2 is 2.22 bits per heavy atom. The molecule has 0 saturated carbocycles. The molecule has 0 unspecified atom stereocenters. The van der Waals surface area contributed by atoms with Crippen LogP contribution in [0.4, 0.5) is 10.8 Å². The first-order chi connectivity index (χ1) is 8.65. The van der Waals surface area contributed by atoms with Crippen molar-refractivity contribution >= 4 is 32.4 Å². The van der Waals surface area contributed by atoms with Crippen LogP contribution in [0, 0.1) is 10.1 Å². The van der Waals surface area contributed by atoms with Gasteiger partial charge in [-0.15, -0.1) is 0 Å². The molecule has 0 aliphatic heterocycles. The van der Waals surface area contributed by atoms with Gasteiger partial charge in [0.15, 0.2) is 10.6 Å². The largest absolute Gasteiger partial charge is 0.361 e. The first-order valence-electron chi connectivity index (χ1n) is 5.97. The maximum absolute atomic E-state index is 11.1. The number of thiazole rings is 1. The summed E-state index contributed by atoms with van der Waals surface area (Å²) in [6, 6.07) is 3.60. The molecule has 2 rings (SSSR count). The SMILES string of the molecule is CCCNc1nc2c([N+](=O)[O-])cc(CC)cc2s1. The van der Waals surface area contributed by atoms with E-state index < -0.39 is 0 Å². The molecular weight excluding hydrogens is 250 g/mol. The van der Waals surface area contributed by atoms with Gasteiger partial charge in [-0.2, -0.15) is 0 Å². The maximum Gasteiger partial charge on any atom is 0.296 e. The number of non-ortho nitro benzene ring substituents is 1. The van der Waals surface area contributed by atoms with E-state index in [1.165, 1.54) is 11.3 Å². The van der Waals surface area contributed by atoms with E-state index in [9.17, 15) is 10.1 Å². The van der Waals surface area contributed by atoms with Crippen LogP contribution in [0.25, 0.3) is 10.2 Å². The third-order valence-electron chi connectivity index (χ3n) is 2.67. The molecule has 0 fully saturated rings. The highest BCUT2D eigenvalue weighted by Crippen LogP contribution is 2.33. The van der Waals surface area contributed by atoms with E-state index in [4.69, 9.17) is 0 Å². The molecule has 0 amide bonds. The number of rotatable bonds is 5. The zero-order chi connectivity index (χ0) is 13.1. The molecule has 0 radical (unpaired) electrons. The number of nitro benzene ring substituents is 1. The van der Waals surface area contributed by atoms with E-state index in [-0.39, 0.29) is 10.6 Å². The van der Waals surface area contributed by atoms with Crippen LogP contribution in [0.3, 0.4) is 0 Å². The Hall–Kier alpha value is -1.69. The van der Waals surface area contributed by atoms with Crippen LogP contribution >= 0.6 is 11.3 Å². The van der Waals surface area contributed by atoms with Crippen molar-refractivity contribution in [2.24, 2.45) is 0 Å². The van der Waals surface area contributed by atoms with Crippen LogP contribution in [0.15, 0.2) is 12.1 Å². The van der Waals surface area contributed by atoms with Gasteiger partial charge in [-0.1, -0.05) is 25.2 Å². The number of fused-ring (bicyclic) bond motifs is 1. The lowest BCUT2D eigenvalue weighted by Gasteiger charge is -1.97. The molecule has 0 saturated heterocycles. The quantitative estimate of drug-likeness (QED) is 0.662. The van der Waals surface area contributed by atoms with Gasteiger partial charge in [0, 0.05) is 12.6 Å². The summed E-state index contributed by atoms with van der Waals surface area (Å²) in [6.07, 6.45) is 1.78. The smallest absolute Gasteiger partial charge is 0.296 e. The lowest BCUT2D eigenvalue weighted by molar-refractivity contribution is -0.383. The second kappa shape index (κ2) is 5.30. The fourth-order valence-electron chi connectivity index (χ4n) is 1.72. The Morgan fingerprint density at radius 3 is 2.83 bits per heavy atom. The molecule has 1 heterocycles. The van der Waals surface area contributed by atoms with Crippen LogP contribution in [0.5, 0.6) is 0 Å². The molecule has 2 aromatic rings. The van der Waals surface area contributed by atoms with Crippen molar-refractivity contribution in [3.05, 3.63) is 27.8 Å². The molecule has 96 valence electrons. The highest BCUT2D eigenvalue weighted by atomic mass is 32.1. The van der Waals surface area contributed by atoms with Gasteiger partial charge in [0.1, 0.15) is 0 Å². The lowest BCUT2D eigenvalue weighted by Crippen LogP contribution is -1.98. The first-order valence-corrected chi connectivity index (χ1v) is 6.79. The first kappa shape index (κ1) is 12.8. The molecule has 0 bridgehead atoms. The van der Waals surface area contributed by atoms with Crippen molar-refractivity contribution in [3.8, 4) is 0 Å². The van der Waals surface area contributed by atoms with Crippen molar-refractivity contribution < 1.29 is 4.92 Å². The van der Waals surface area contributed by atoms with E-state index in [2.05, 4.69) is 17.2 Å². The van der Waals surface area contributed by atoms with Gasteiger partial charge in [-0.25, -0.2) is 4.98 Å². The number of aromatic nitrogens is 1. The minimum atomic E-state index is -0.356. The van der Waals surface area contributed by atoms with Crippen LogP contribution in [0.1, 0.15) is 25.8 Å². The number of nitrogens with zero attached hydrogens (tertiary/aromatic N) is 2. The number of aryl methyl sites for hydroxylation is 1. The van der Waals surface area contributed by atoms with Crippen molar-refractivity contribution in [2.45, 2.75) is 26.7 Å². The average Bonchev–Trinajstić information content (AvgIpc) is 2.77. The molecule has 18 heavy (non-hydrogen) atoms. The number of hydrogen-bond donors (Lipinski definition) is 1. The number of nitro groups is 1. The number of nitrogens with one attached hydrogen (secondary N) is 1. The molecule has 1 aromatic heterocycles. The highest BCUT2D eigenvalue weighted by Gasteiger charge is 2.17. The van der Waals surface area contributed by atoms with Gasteiger partial charge in [0.25, 0.3) is 5.69 Å². The van der Waals surface area contributed by atoms with Crippen LogP contribution < -0.4 is 5.32 Å². The third kappa shape index (κ3) is 2.43. The number of hydrogen-bond acceptors (Lipinski definition) is 5. The topological polar surface area (TPSA) is 68.1 Å². The van der Waals surface area contributed by atoms with E-state index in [1.807, 2.05) is 13.0 Å². The predicted molar refractivity (Wildman–Crippen MR) is 74.4 cm³/mol. The third-order valence-corrected chi connectivity index (χ3v) is 3.63. The van der Waals surface area contributed by atoms with Crippen molar-refractivity contribution in [1.29, 1.82) is 0 Å². The summed E-state index contributed by atoms with van der Waals surface area (Å²) < 4.78 is 0.875. The molecule has 1 aromatic carbocycles. The zero-order valence-corrected chi connectivity index (χ0v) is 11.2. The fraction of sp³-hybridized carbons (Fsp3) is 0.417. The highest BCUT2D eigenvalue weighted by molar-refractivity contribution is 7.22. The Morgan fingerprint density at radius 1 is 1.44 bits per heavy atom. The zero-order valence-electron chi connectivity index (χ0n) is 10.4. The number of benzene rings is 1. The van der Waals surface area contributed by atoms with Crippen molar-refractivity contribution in [1.82, 2.24) is 4.98 Å². The van der Waals surface area contributed by atoms with Gasteiger partial charge in [0.05, 0.1) is 9.62 Å². The Balaban J connectivity index is 2.52. The fourth-order valence-corrected chi connectivity index (χ4v) is 2.69.